The van der Waals surface area contributed by atoms with E-state index in [2.05, 4.69) is 20.5 Å². The van der Waals surface area contributed by atoms with Crippen molar-refractivity contribution in [1.82, 2.24) is 14.8 Å². The summed E-state index contributed by atoms with van der Waals surface area (Å²) in [5.41, 5.74) is 8.28. The lowest BCUT2D eigenvalue weighted by atomic mass is 9.93. The number of likely N-dealkylation sites (N-methyl/N-ethyl adjacent to an activating group) is 1. The van der Waals surface area contributed by atoms with Crippen molar-refractivity contribution in [3.05, 3.63) is 82.0 Å². The minimum absolute atomic E-state index is 0.0170. The molecule has 38 heavy (non-hydrogen) atoms. The van der Waals surface area contributed by atoms with E-state index in [0.717, 1.165) is 37.3 Å². The molecule has 2 aromatic carbocycles. The minimum atomic E-state index is -4.61. The Morgan fingerprint density at radius 3 is 2.61 bits per heavy atom. The van der Waals surface area contributed by atoms with Crippen LogP contribution in [0.15, 0.2) is 48.7 Å². The molecule has 0 aliphatic carbocycles. The van der Waals surface area contributed by atoms with E-state index in [4.69, 9.17) is 5.73 Å². The van der Waals surface area contributed by atoms with Crippen LogP contribution in [0.4, 0.5) is 30.4 Å². The van der Waals surface area contributed by atoms with Gasteiger partial charge in [-0.25, -0.2) is 4.98 Å². The Morgan fingerprint density at radius 1 is 1.11 bits per heavy atom. The molecule has 0 bridgehead atoms. The normalized spacial score (nSPS) is 16.2. The third kappa shape index (κ3) is 5.76. The summed E-state index contributed by atoms with van der Waals surface area (Å²) in [5.74, 6) is -0.175. The zero-order valence-electron chi connectivity index (χ0n) is 21.2. The summed E-state index contributed by atoms with van der Waals surface area (Å²) in [6.45, 7) is 3.96. The molecular weight excluding hydrogens is 493 g/mol. The van der Waals surface area contributed by atoms with E-state index in [0.29, 0.717) is 24.2 Å². The maximum atomic E-state index is 14.7. The fourth-order valence-corrected chi connectivity index (χ4v) is 5.10. The number of alkyl halides is 3. The molecule has 3 aromatic rings. The molecule has 5 rings (SSSR count). The van der Waals surface area contributed by atoms with E-state index < -0.39 is 17.6 Å². The van der Waals surface area contributed by atoms with Crippen molar-refractivity contribution >= 4 is 23.1 Å². The minimum Gasteiger partial charge on any atom is -0.384 e. The molecule has 4 N–H and O–H groups in total. The highest BCUT2D eigenvalue weighted by Gasteiger charge is 2.38. The number of halogens is 3. The number of amides is 1. The van der Waals surface area contributed by atoms with Crippen LogP contribution in [-0.4, -0.2) is 60.5 Å². The summed E-state index contributed by atoms with van der Waals surface area (Å²) in [7, 11) is 2.01. The fourth-order valence-electron chi connectivity index (χ4n) is 5.10. The van der Waals surface area contributed by atoms with Crippen LogP contribution in [0, 0.1) is 0 Å². The van der Waals surface area contributed by atoms with Gasteiger partial charge in [-0.1, -0.05) is 18.2 Å². The molecule has 1 saturated heterocycles. The number of anilines is 3. The zero-order chi connectivity index (χ0) is 26.9. The second-order valence-electron chi connectivity index (χ2n) is 9.97. The van der Waals surface area contributed by atoms with Crippen molar-refractivity contribution in [2.24, 2.45) is 0 Å². The molecule has 0 unspecified atom stereocenters. The molecule has 0 radical (unpaired) electrons. The molecule has 0 spiro atoms. The van der Waals surface area contributed by atoms with Crippen LogP contribution in [-0.2, 0) is 25.6 Å². The number of nitrogens with two attached hydrogens (primary N) is 1. The quantitative estimate of drug-likeness (QED) is 0.447. The molecule has 3 heterocycles. The van der Waals surface area contributed by atoms with Crippen LogP contribution in [0.3, 0.4) is 0 Å². The molecule has 1 fully saturated rings. The van der Waals surface area contributed by atoms with Gasteiger partial charge in [0, 0.05) is 68.8 Å². The lowest BCUT2D eigenvalue weighted by Gasteiger charge is -2.33. The predicted octanol–water partition coefficient (Wildman–Crippen LogP) is 4.24. The van der Waals surface area contributed by atoms with Crippen molar-refractivity contribution < 1.29 is 18.0 Å². The van der Waals surface area contributed by atoms with Crippen LogP contribution in [0.25, 0.3) is 0 Å². The van der Waals surface area contributed by atoms with Gasteiger partial charge in [-0.3, -0.25) is 9.69 Å². The summed E-state index contributed by atoms with van der Waals surface area (Å²) in [5, 5.41) is 6.00. The van der Waals surface area contributed by atoms with Crippen molar-refractivity contribution in [3.8, 4) is 0 Å². The Labute approximate surface area is 219 Å². The van der Waals surface area contributed by atoms with Crippen LogP contribution in [0.1, 0.15) is 38.2 Å². The Balaban J connectivity index is 1.52. The monoisotopic (exact) mass is 524 g/mol. The number of piperazine rings is 1. The average Bonchev–Trinajstić information content (AvgIpc) is 3.35. The van der Waals surface area contributed by atoms with Gasteiger partial charge in [0.25, 0.3) is 5.91 Å². The summed E-state index contributed by atoms with van der Waals surface area (Å²) >= 11 is 0. The number of fused-ring (bicyclic) bond motifs is 1. The smallest absolute Gasteiger partial charge is 0.384 e. The second-order valence-corrected chi connectivity index (χ2v) is 9.97. The molecule has 2 aliphatic rings. The SMILES string of the molecule is CN1CCN(Cc2ccc(NC(=O)c3ccc4c(c3)NCC4)c(Cc3ccc(N)nc3)c2C(F)(F)F)CC1. The van der Waals surface area contributed by atoms with Gasteiger partial charge in [0.2, 0.25) is 0 Å². The van der Waals surface area contributed by atoms with Gasteiger partial charge in [0.1, 0.15) is 5.82 Å². The number of hydrogen-bond acceptors (Lipinski definition) is 6. The molecular formula is C28H31F3N6O. The molecule has 0 saturated carbocycles. The average molecular weight is 525 g/mol. The number of carbonyl (C=O) groups is 1. The number of nitrogen functional groups attached to an aromatic ring is 1. The van der Waals surface area contributed by atoms with Gasteiger partial charge in [-0.2, -0.15) is 13.2 Å². The first-order valence-electron chi connectivity index (χ1n) is 12.7. The number of pyridine rings is 1. The standard InChI is InChI=1S/C28H31F3N6O/c1-36-10-12-37(13-11-36)17-21-5-6-23(35-27(38)20-4-3-19-8-9-33-24(19)15-20)22(26(21)28(29,30)31)14-18-2-7-25(32)34-16-18/h2-7,15-16,33H,8-14,17H2,1H3,(H2,32,34)(H,35,38). The summed E-state index contributed by atoms with van der Waals surface area (Å²) in [6.07, 6.45) is -2.32. The highest BCUT2D eigenvalue weighted by Crippen LogP contribution is 2.40. The summed E-state index contributed by atoms with van der Waals surface area (Å²) in [4.78, 5) is 21.4. The van der Waals surface area contributed by atoms with E-state index in [-0.39, 0.29) is 35.6 Å². The highest BCUT2D eigenvalue weighted by atomic mass is 19.4. The van der Waals surface area contributed by atoms with Gasteiger partial charge < -0.3 is 21.3 Å². The third-order valence-corrected chi connectivity index (χ3v) is 7.23. The maximum Gasteiger partial charge on any atom is 0.417 e. The topological polar surface area (TPSA) is 86.5 Å². The van der Waals surface area contributed by atoms with E-state index in [1.165, 1.54) is 12.3 Å². The highest BCUT2D eigenvalue weighted by molar-refractivity contribution is 6.05. The number of nitrogens with zero attached hydrogens (tertiary/aromatic N) is 3. The van der Waals surface area contributed by atoms with Crippen LogP contribution in [0.2, 0.25) is 0 Å². The number of carbonyl (C=O) groups excluding carboxylic acids is 1. The molecule has 10 heteroatoms. The first-order chi connectivity index (χ1) is 18.2. The molecule has 0 atom stereocenters. The number of benzene rings is 2. The first-order valence-corrected chi connectivity index (χ1v) is 12.7. The lowest BCUT2D eigenvalue weighted by Crippen LogP contribution is -2.44. The predicted molar refractivity (Wildman–Crippen MR) is 142 cm³/mol. The Bertz CT molecular complexity index is 1320. The van der Waals surface area contributed by atoms with Crippen molar-refractivity contribution in [2.45, 2.75) is 25.6 Å². The van der Waals surface area contributed by atoms with Crippen molar-refractivity contribution in [2.75, 3.05) is 56.1 Å². The Hall–Kier alpha value is -3.63. The number of nitrogens with one attached hydrogen (secondary N) is 2. The molecule has 1 amide bonds. The van der Waals surface area contributed by atoms with E-state index in [1.807, 2.05) is 18.0 Å². The van der Waals surface area contributed by atoms with Gasteiger partial charge >= 0.3 is 6.18 Å². The zero-order valence-corrected chi connectivity index (χ0v) is 21.2. The van der Waals surface area contributed by atoms with Gasteiger partial charge in [-0.15, -0.1) is 0 Å². The Morgan fingerprint density at radius 2 is 1.89 bits per heavy atom. The number of hydrogen-bond donors (Lipinski definition) is 3. The summed E-state index contributed by atoms with van der Waals surface area (Å²) < 4.78 is 44.1. The van der Waals surface area contributed by atoms with Gasteiger partial charge in [-0.05, 0) is 60.0 Å². The van der Waals surface area contributed by atoms with Crippen LogP contribution in [0.5, 0.6) is 0 Å². The molecule has 2 aliphatic heterocycles. The third-order valence-electron chi connectivity index (χ3n) is 7.23. The van der Waals surface area contributed by atoms with Crippen LogP contribution >= 0.6 is 0 Å². The van der Waals surface area contributed by atoms with E-state index in [1.54, 1.807) is 30.3 Å². The summed E-state index contributed by atoms with van der Waals surface area (Å²) in [6, 6.07) is 11.6. The Kier molecular flexibility index (Phi) is 7.27. The molecule has 1 aromatic heterocycles. The maximum absolute atomic E-state index is 14.7. The second kappa shape index (κ2) is 10.6. The van der Waals surface area contributed by atoms with E-state index in [9.17, 15) is 18.0 Å². The number of rotatable bonds is 6. The number of aromatic nitrogens is 1. The molecule has 200 valence electrons. The van der Waals surface area contributed by atoms with E-state index >= 15 is 0 Å². The largest absolute Gasteiger partial charge is 0.417 e. The molecule has 7 nitrogen and oxygen atoms in total. The lowest BCUT2D eigenvalue weighted by molar-refractivity contribution is -0.139. The first kappa shape index (κ1) is 26.0. The van der Waals surface area contributed by atoms with Gasteiger partial charge in [0.05, 0.1) is 5.56 Å². The van der Waals surface area contributed by atoms with Crippen molar-refractivity contribution in [1.29, 1.82) is 0 Å². The fraction of sp³-hybridized carbons (Fsp3) is 0.357. The van der Waals surface area contributed by atoms with Crippen molar-refractivity contribution in [3.63, 3.8) is 0 Å². The van der Waals surface area contributed by atoms with Crippen LogP contribution < -0.4 is 16.4 Å². The van der Waals surface area contributed by atoms with Gasteiger partial charge in [0.15, 0.2) is 0 Å².